The molecule has 12 heteroatoms. The standard InChI is InChI=1S/C22H29N3O.C10H8O6S2/c1-3-25(4-2)15-16-26-20-11-9-18(10-12-20)17-24-22-21-8-6-5-7-19(21)13-14-23-22;11-17(12,13)9-5-1-3-7-8(9)4-2-6-10(7)18(14,15)16/h5-12H,3-4,13-17H2,1-2H3,(H,23,24);1-6H,(H,11,12,13)(H,14,15,16). The zero-order valence-electron chi connectivity index (χ0n) is 24.7. The molecule has 0 unspecified atom stereocenters. The molecule has 3 N–H and O–H groups in total. The molecule has 0 atom stereocenters. The minimum absolute atomic E-state index is 0.0233. The number of likely N-dealkylation sites (N-methyl/N-ethyl adjacent to an activating group) is 1. The van der Waals surface area contributed by atoms with Crippen LogP contribution in [0.4, 0.5) is 0 Å². The third-order valence-electron chi connectivity index (χ3n) is 7.28. The van der Waals surface area contributed by atoms with Crippen molar-refractivity contribution in [3.63, 3.8) is 0 Å². The van der Waals surface area contributed by atoms with E-state index in [-0.39, 0.29) is 10.8 Å². The van der Waals surface area contributed by atoms with Gasteiger partial charge < -0.3 is 15.0 Å². The topological polar surface area (TPSA) is 146 Å². The van der Waals surface area contributed by atoms with Gasteiger partial charge in [0.05, 0.1) is 0 Å². The number of ether oxygens (including phenoxy) is 1. The molecule has 0 saturated carbocycles. The van der Waals surface area contributed by atoms with Crippen LogP contribution in [0.15, 0.2) is 99.7 Å². The van der Waals surface area contributed by atoms with Crippen LogP contribution in [-0.4, -0.2) is 69.5 Å². The van der Waals surface area contributed by atoms with E-state index in [1.165, 1.54) is 41.0 Å². The highest BCUT2D eigenvalue weighted by Gasteiger charge is 2.19. The molecule has 0 aliphatic carbocycles. The molecule has 0 bridgehead atoms. The normalized spacial score (nSPS) is 13.1. The first-order valence-corrected chi connectivity index (χ1v) is 17.2. The van der Waals surface area contributed by atoms with Gasteiger partial charge in [0, 0.05) is 36.0 Å². The molecule has 234 valence electrons. The molecule has 44 heavy (non-hydrogen) atoms. The van der Waals surface area contributed by atoms with Gasteiger partial charge in [0.2, 0.25) is 0 Å². The van der Waals surface area contributed by atoms with Gasteiger partial charge >= 0.3 is 0 Å². The Bertz CT molecular complexity index is 1750. The highest BCUT2D eigenvalue weighted by Crippen LogP contribution is 2.28. The van der Waals surface area contributed by atoms with Crippen molar-refractivity contribution >= 4 is 36.8 Å². The fraction of sp³-hybridized carbons (Fsp3) is 0.281. The first-order valence-electron chi connectivity index (χ1n) is 14.3. The molecule has 1 aliphatic heterocycles. The van der Waals surface area contributed by atoms with E-state index in [0.717, 1.165) is 69.5 Å². The van der Waals surface area contributed by atoms with Crippen LogP contribution in [0.2, 0.25) is 0 Å². The van der Waals surface area contributed by atoms with Crippen molar-refractivity contribution in [1.29, 1.82) is 0 Å². The van der Waals surface area contributed by atoms with E-state index < -0.39 is 30.0 Å². The summed E-state index contributed by atoms with van der Waals surface area (Å²) in [4.78, 5) is 6.19. The summed E-state index contributed by atoms with van der Waals surface area (Å²) in [5.41, 5.74) is 3.84. The summed E-state index contributed by atoms with van der Waals surface area (Å²) in [7, 11) is -8.94. The van der Waals surface area contributed by atoms with Crippen LogP contribution in [0.5, 0.6) is 5.75 Å². The second-order valence-corrected chi connectivity index (χ2v) is 12.8. The lowest BCUT2D eigenvalue weighted by atomic mass is 10.0. The number of nitrogens with one attached hydrogen (secondary N) is 1. The van der Waals surface area contributed by atoms with E-state index in [1.54, 1.807) is 0 Å². The molecule has 0 radical (unpaired) electrons. The van der Waals surface area contributed by atoms with Crippen molar-refractivity contribution in [1.82, 2.24) is 10.2 Å². The minimum atomic E-state index is -4.47. The van der Waals surface area contributed by atoms with E-state index in [9.17, 15) is 16.8 Å². The van der Waals surface area contributed by atoms with Gasteiger partial charge in [-0.1, -0.05) is 74.5 Å². The fourth-order valence-electron chi connectivity index (χ4n) is 4.92. The average Bonchev–Trinajstić information content (AvgIpc) is 3.01. The van der Waals surface area contributed by atoms with Crippen LogP contribution in [0.25, 0.3) is 10.8 Å². The molecule has 5 rings (SSSR count). The van der Waals surface area contributed by atoms with Crippen molar-refractivity contribution in [2.75, 3.05) is 32.8 Å². The first-order chi connectivity index (χ1) is 21.0. The third kappa shape index (κ3) is 8.64. The molecule has 1 heterocycles. The highest BCUT2D eigenvalue weighted by molar-refractivity contribution is 7.86. The van der Waals surface area contributed by atoms with Crippen molar-refractivity contribution < 1.29 is 30.7 Å². The Hall–Kier alpha value is -3.81. The van der Waals surface area contributed by atoms with Crippen molar-refractivity contribution in [3.05, 3.63) is 102 Å². The monoisotopic (exact) mass is 639 g/mol. The molecule has 0 spiro atoms. The maximum atomic E-state index is 11.2. The Morgan fingerprint density at radius 1 is 0.795 bits per heavy atom. The Kier molecular flexibility index (Phi) is 11.1. The molecule has 4 aromatic rings. The molecule has 0 aromatic heterocycles. The van der Waals surface area contributed by atoms with Gasteiger partial charge in [-0.3, -0.25) is 14.1 Å². The zero-order chi connectivity index (χ0) is 31.7. The van der Waals surface area contributed by atoms with Crippen LogP contribution < -0.4 is 10.1 Å². The summed E-state index contributed by atoms with van der Waals surface area (Å²) < 4.78 is 68.5. The van der Waals surface area contributed by atoms with Gasteiger partial charge in [-0.2, -0.15) is 16.8 Å². The van der Waals surface area contributed by atoms with Crippen LogP contribution in [0.1, 0.15) is 30.5 Å². The second kappa shape index (κ2) is 14.8. The quantitative estimate of drug-likeness (QED) is 0.208. The number of amidine groups is 1. The van der Waals surface area contributed by atoms with Crippen LogP contribution in [0.3, 0.4) is 0 Å². The van der Waals surface area contributed by atoms with Gasteiger partial charge in [-0.05, 0) is 54.9 Å². The summed E-state index contributed by atoms with van der Waals surface area (Å²) in [6, 6.07) is 24.4. The summed E-state index contributed by atoms with van der Waals surface area (Å²) >= 11 is 0. The molecular weight excluding hydrogens is 603 g/mol. The summed E-state index contributed by atoms with van der Waals surface area (Å²) in [5.74, 6) is 1.94. The predicted molar refractivity (Wildman–Crippen MR) is 172 cm³/mol. The van der Waals surface area contributed by atoms with Gasteiger partial charge in [-0.25, -0.2) is 0 Å². The second-order valence-electron chi connectivity index (χ2n) is 10.1. The largest absolute Gasteiger partial charge is 0.492 e. The van der Waals surface area contributed by atoms with Gasteiger partial charge in [0.25, 0.3) is 20.2 Å². The minimum Gasteiger partial charge on any atom is -0.492 e. The summed E-state index contributed by atoms with van der Waals surface area (Å²) in [6.07, 6.45) is 1.03. The van der Waals surface area contributed by atoms with Crippen LogP contribution in [-0.2, 0) is 33.2 Å². The molecule has 4 aromatic carbocycles. The number of hydrogen-bond acceptors (Lipinski definition) is 8. The number of aliphatic imine (C=N–C) groups is 1. The highest BCUT2D eigenvalue weighted by atomic mass is 32.2. The molecule has 1 aliphatic rings. The number of fused-ring (bicyclic) bond motifs is 2. The molecule has 0 saturated heterocycles. The maximum Gasteiger partial charge on any atom is 0.295 e. The maximum absolute atomic E-state index is 11.2. The Balaban J connectivity index is 0.000000215. The summed E-state index contributed by atoms with van der Waals surface area (Å²) in [6.45, 7) is 9.82. The number of rotatable bonds is 10. The lowest BCUT2D eigenvalue weighted by Gasteiger charge is -2.19. The van der Waals surface area contributed by atoms with E-state index >= 15 is 0 Å². The van der Waals surface area contributed by atoms with E-state index in [1.807, 2.05) is 0 Å². The molecule has 0 fully saturated rings. The molecule has 10 nitrogen and oxygen atoms in total. The lowest BCUT2D eigenvalue weighted by molar-refractivity contribution is 0.223. The molecular formula is C32H37N3O7S2. The third-order valence-corrected chi connectivity index (χ3v) is 9.10. The van der Waals surface area contributed by atoms with Gasteiger partial charge in [0.1, 0.15) is 28.0 Å². The van der Waals surface area contributed by atoms with E-state index in [0.29, 0.717) is 0 Å². The van der Waals surface area contributed by atoms with E-state index in [2.05, 4.69) is 77.6 Å². The number of nitrogens with zero attached hydrogens (tertiary/aromatic N) is 2. The van der Waals surface area contributed by atoms with Gasteiger partial charge in [-0.15, -0.1) is 0 Å². The Labute approximate surface area is 258 Å². The Morgan fingerprint density at radius 2 is 1.39 bits per heavy atom. The smallest absolute Gasteiger partial charge is 0.295 e. The average molecular weight is 640 g/mol. The Morgan fingerprint density at radius 3 is 1.95 bits per heavy atom. The molecule has 0 amide bonds. The van der Waals surface area contributed by atoms with Crippen molar-refractivity contribution in [3.8, 4) is 5.75 Å². The number of benzene rings is 4. The SMILES string of the molecule is CCN(CC)CCOc1ccc(CNC2=NCCc3ccccc32)cc1.O=S(=O)(O)c1cccc2c(S(=O)(=O)O)cccc12. The van der Waals surface area contributed by atoms with E-state index in [4.69, 9.17) is 13.8 Å². The first kappa shape index (κ1) is 33.1. The van der Waals surface area contributed by atoms with Crippen LogP contribution >= 0.6 is 0 Å². The van der Waals surface area contributed by atoms with Crippen molar-refractivity contribution in [2.45, 2.75) is 36.6 Å². The fourth-order valence-corrected chi connectivity index (χ4v) is 6.33. The lowest BCUT2D eigenvalue weighted by Crippen LogP contribution is -2.28. The summed E-state index contributed by atoms with van der Waals surface area (Å²) in [5, 5.41) is 3.54. The van der Waals surface area contributed by atoms with Gasteiger partial charge in [0.15, 0.2) is 0 Å². The number of hydrogen-bond donors (Lipinski definition) is 3. The zero-order valence-corrected chi connectivity index (χ0v) is 26.3. The van der Waals surface area contributed by atoms with Crippen molar-refractivity contribution in [2.24, 2.45) is 4.99 Å². The predicted octanol–water partition coefficient (Wildman–Crippen LogP) is 4.83. The van der Waals surface area contributed by atoms with Crippen LogP contribution in [0, 0.1) is 0 Å².